The molecule has 9 nitrogen and oxygen atoms in total. The number of aliphatic hydroxyl groups excluding tert-OH is 5. The molecule has 0 radical (unpaired) electrons. The summed E-state index contributed by atoms with van der Waals surface area (Å²) in [4.78, 5) is 19.3. The fourth-order valence-corrected chi connectivity index (χ4v) is 0.602. The second-order valence-corrected chi connectivity index (χ2v) is 2.65. The lowest BCUT2D eigenvalue weighted by Crippen LogP contribution is -2.44. The van der Waals surface area contributed by atoms with Gasteiger partial charge in [0.15, 0.2) is 5.78 Å². The SMILES string of the molecule is NC(=O)O.O=C(CO)C(O)C(O)C(O)CO. The average Bonchev–Trinajstić information content (AvgIpc) is 2.24. The predicted octanol–water partition coefficient (Wildman–Crippen LogP) is -3.75. The Bertz CT molecular complexity index is 216. The molecule has 9 heteroatoms. The monoisotopic (exact) mass is 241 g/mol. The lowest BCUT2D eigenvalue weighted by molar-refractivity contribution is -0.142. The quantitative estimate of drug-likeness (QED) is 0.256. The highest BCUT2D eigenvalue weighted by atomic mass is 16.4. The van der Waals surface area contributed by atoms with Crippen molar-refractivity contribution in [3.8, 4) is 0 Å². The van der Waals surface area contributed by atoms with Gasteiger partial charge in [0, 0.05) is 0 Å². The number of carboxylic acid groups (broad SMARTS) is 1. The summed E-state index contributed by atoms with van der Waals surface area (Å²) in [5.74, 6) is -1.00. The zero-order chi connectivity index (χ0) is 13.3. The standard InChI is InChI=1S/C6H12O6.CH3NO2/c7-1-3(9)5(11)6(12)4(10)2-8;2-1(3)4/h3,5-9,11-12H,1-2H2;2H2,(H,3,4). The second-order valence-electron chi connectivity index (χ2n) is 2.65. The Hall–Kier alpha value is -1.26. The van der Waals surface area contributed by atoms with Gasteiger partial charge in [-0.3, -0.25) is 4.79 Å². The predicted molar refractivity (Wildman–Crippen MR) is 49.4 cm³/mol. The molecule has 8 N–H and O–H groups in total. The third-order valence-electron chi connectivity index (χ3n) is 1.39. The molecule has 0 aromatic carbocycles. The van der Waals surface area contributed by atoms with E-state index in [2.05, 4.69) is 5.73 Å². The van der Waals surface area contributed by atoms with E-state index < -0.39 is 43.4 Å². The minimum atomic E-state index is -1.86. The van der Waals surface area contributed by atoms with E-state index in [1.54, 1.807) is 0 Å². The van der Waals surface area contributed by atoms with E-state index >= 15 is 0 Å². The highest BCUT2D eigenvalue weighted by Crippen LogP contribution is 2.00. The van der Waals surface area contributed by atoms with E-state index in [9.17, 15) is 4.79 Å². The lowest BCUT2D eigenvalue weighted by atomic mass is 10.1. The molecule has 0 heterocycles. The fourth-order valence-electron chi connectivity index (χ4n) is 0.602. The summed E-state index contributed by atoms with van der Waals surface area (Å²) in [5, 5.41) is 50.3. The number of amides is 1. The Morgan fingerprint density at radius 3 is 1.75 bits per heavy atom. The van der Waals surface area contributed by atoms with Crippen molar-refractivity contribution in [1.82, 2.24) is 0 Å². The second kappa shape index (κ2) is 9.00. The summed E-state index contributed by atoms with van der Waals surface area (Å²) in [6.07, 6.45) is -6.55. The topological polar surface area (TPSA) is 182 Å². The van der Waals surface area contributed by atoms with Crippen molar-refractivity contribution in [2.24, 2.45) is 5.73 Å². The van der Waals surface area contributed by atoms with Gasteiger partial charge < -0.3 is 36.4 Å². The Balaban J connectivity index is 0. The van der Waals surface area contributed by atoms with Crippen molar-refractivity contribution in [1.29, 1.82) is 0 Å². The highest BCUT2D eigenvalue weighted by molar-refractivity contribution is 5.84. The molecule has 0 aromatic rings. The van der Waals surface area contributed by atoms with Crippen molar-refractivity contribution in [2.45, 2.75) is 18.3 Å². The molecule has 3 atom stereocenters. The van der Waals surface area contributed by atoms with Crippen LogP contribution in [0, 0.1) is 0 Å². The van der Waals surface area contributed by atoms with Crippen LogP contribution in [-0.4, -0.2) is 74.0 Å². The molecule has 0 saturated heterocycles. The van der Waals surface area contributed by atoms with Gasteiger partial charge in [0.25, 0.3) is 0 Å². The molecule has 0 spiro atoms. The van der Waals surface area contributed by atoms with Crippen LogP contribution in [0.15, 0.2) is 0 Å². The van der Waals surface area contributed by atoms with Gasteiger partial charge in [0.1, 0.15) is 24.9 Å². The number of rotatable bonds is 5. The third kappa shape index (κ3) is 8.08. The zero-order valence-corrected chi connectivity index (χ0v) is 8.22. The first-order chi connectivity index (χ1) is 7.27. The number of hydrogen-bond donors (Lipinski definition) is 7. The first kappa shape index (κ1) is 17.1. The Morgan fingerprint density at radius 2 is 1.50 bits per heavy atom. The van der Waals surface area contributed by atoms with E-state index in [1.807, 2.05) is 0 Å². The first-order valence-corrected chi connectivity index (χ1v) is 4.04. The molecule has 0 rings (SSSR count). The molecule has 0 fully saturated rings. The summed E-state index contributed by atoms with van der Waals surface area (Å²) >= 11 is 0. The molecule has 0 aliphatic rings. The first-order valence-electron chi connectivity index (χ1n) is 4.04. The Labute approximate surface area is 90.4 Å². The van der Waals surface area contributed by atoms with Gasteiger partial charge >= 0.3 is 6.09 Å². The molecule has 0 bridgehead atoms. The number of Topliss-reactive ketones (excluding diaryl/α,β-unsaturated/α-hetero) is 1. The van der Waals surface area contributed by atoms with Gasteiger partial charge in [-0.25, -0.2) is 4.79 Å². The van der Waals surface area contributed by atoms with Crippen molar-refractivity contribution < 1.29 is 40.2 Å². The van der Waals surface area contributed by atoms with Crippen molar-refractivity contribution in [3.63, 3.8) is 0 Å². The highest BCUT2D eigenvalue weighted by Gasteiger charge is 2.28. The number of ketones is 1. The average molecular weight is 241 g/mol. The van der Waals surface area contributed by atoms with Gasteiger partial charge in [0.2, 0.25) is 0 Å². The maximum atomic E-state index is 10.5. The molecule has 0 aromatic heterocycles. The lowest BCUT2D eigenvalue weighted by Gasteiger charge is -2.19. The maximum absolute atomic E-state index is 10.5. The summed E-state index contributed by atoms with van der Waals surface area (Å²) in [6.45, 7) is -1.69. The van der Waals surface area contributed by atoms with E-state index in [-0.39, 0.29) is 0 Å². The Kier molecular flexibility index (Phi) is 9.65. The van der Waals surface area contributed by atoms with E-state index in [0.29, 0.717) is 0 Å². The van der Waals surface area contributed by atoms with Crippen LogP contribution in [0.4, 0.5) is 4.79 Å². The molecular formula is C7H15NO8. The largest absolute Gasteiger partial charge is 0.465 e. The van der Waals surface area contributed by atoms with E-state index in [1.165, 1.54) is 0 Å². The number of carbonyl (C=O) groups excluding carboxylic acids is 1. The van der Waals surface area contributed by atoms with Crippen LogP contribution in [0.3, 0.4) is 0 Å². The summed E-state index contributed by atoms with van der Waals surface area (Å²) < 4.78 is 0. The minimum absolute atomic E-state index is 0.767. The van der Waals surface area contributed by atoms with Gasteiger partial charge in [0.05, 0.1) is 6.61 Å². The minimum Gasteiger partial charge on any atom is -0.465 e. The summed E-state index contributed by atoms with van der Waals surface area (Å²) in [6, 6.07) is 0. The maximum Gasteiger partial charge on any atom is 0.402 e. The van der Waals surface area contributed by atoms with Crippen molar-refractivity contribution >= 4 is 11.9 Å². The molecule has 16 heavy (non-hydrogen) atoms. The van der Waals surface area contributed by atoms with Crippen LogP contribution in [0.25, 0.3) is 0 Å². The molecule has 0 saturated carbocycles. The Morgan fingerprint density at radius 1 is 1.12 bits per heavy atom. The van der Waals surface area contributed by atoms with Crippen LogP contribution >= 0.6 is 0 Å². The molecule has 3 unspecified atom stereocenters. The van der Waals surface area contributed by atoms with Crippen LogP contribution in [0.1, 0.15) is 0 Å². The third-order valence-corrected chi connectivity index (χ3v) is 1.39. The smallest absolute Gasteiger partial charge is 0.402 e. The van der Waals surface area contributed by atoms with E-state index in [0.717, 1.165) is 0 Å². The number of aliphatic hydroxyl groups is 5. The number of nitrogens with two attached hydrogens (primary N) is 1. The van der Waals surface area contributed by atoms with Crippen LogP contribution < -0.4 is 5.73 Å². The number of primary amides is 1. The number of carbonyl (C=O) groups is 2. The molecule has 96 valence electrons. The molecule has 0 aliphatic carbocycles. The van der Waals surface area contributed by atoms with Gasteiger partial charge in [-0.1, -0.05) is 0 Å². The van der Waals surface area contributed by atoms with Crippen LogP contribution in [0.5, 0.6) is 0 Å². The normalized spacial score (nSPS) is 15.3. The van der Waals surface area contributed by atoms with Crippen molar-refractivity contribution in [3.05, 3.63) is 0 Å². The summed E-state index contributed by atoms with van der Waals surface area (Å²) in [5.41, 5.74) is 4.03. The molecule has 1 amide bonds. The zero-order valence-electron chi connectivity index (χ0n) is 8.22. The van der Waals surface area contributed by atoms with Crippen LogP contribution in [-0.2, 0) is 4.79 Å². The molecular weight excluding hydrogens is 226 g/mol. The van der Waals surface area contributed by atoms with Crippen LogP contribution in [0.2, 0.25) is 0 Å². The fraction of sp³-hybridized carbons (Fsp3) is 0.714. The van der Waals surface area contributed by atoms with Gasteiger partial charge in [-0.05, 0) is 0 Å². The van der Waals surface area contributed by atoms with Gasteiger partial charge in [-0.15, -0.1) is 0 Å². The van der Waals surface area contributed by atoms with E-state index in [4.69, 9.17) is 35.4 Å². The summed E-state index contributed by atoms with van der Waals surface area (Å²) in [7, 11) is 0. The number of hydrogen-bond acceptors (Lipinski definition) is 7. The van der Waals surface area contributed by atoms with Gasteiger partial charge in [-0.2, -0.15) is 0 Å². The van der Waals surface area contributed by atoms with Crippen molar-refractivity contribution in [2.75, 3.05) is 13.2 Å². The molecule has 0 aliphatic heterocycles.